The molecule has 0 heterocycles. The monoisotopic (exact) mass is 285 g/mol. The van der Waals surface area contributed by atoms with Crippen LogP contribution in [0.4, 0.5) is 0 Å². The first-order valence-electron chi connectivity index (χ1n) is 6.30. The lowest BCUT2D eigenvalue weighted by Gasteiger charge is -2.11. The Morgan fingerprint density at radius 3 is 2.57 bits per heavy atom. The smallest absolute Gasteiger partial charge is 0.358 e. The summed E-state index contributed by atoms with van der Waals surface area (Å²) < 4.78 is 5.77. The highest BCUT2D eigenvalue weighted by Crippen LogP contribution is 2.26. The maximum atomic E-state index is 11.3. The number of rotatable bonds is 5. The molecule has 108 valence electrons. The predicted octanol–water partition coefficient (Wildman–Crippen LogP) is 3.22. The van der Waals surface area contributed by atoms with Gasteiger partial charge < -0.3 is 14.7 Å². The number of carboxylic acids is 1. The van der Waals surface area contributed by atoms with Gasteiger partial charge in [-0.15, -0.1) is 0 Å². The Morgan fingerprint density at radius 1 is 1.14 bits per heavy atom. The Morgan fingerprint density at radius 2 is 1.90 bits per heavy atom. The van der Waals surface area contributed by atoms with Crippen LogP contribution >= 0.6 is 0 Å². The zero-order valence-electron chi connectivity index (χ0n) is 11.7. The van der Waals surface area contributed by atoms with E-state index in [1.807, 2.05) is 25.1 Å². The largest absolute Gasteiger partial charge is 0.476 e. The summed E-state index contributed by atoms with van der Waals surface area (Å²) in [6, 6.07) is 14.3. The number of oxime groups is 1. The Hall–Kier alpha value is -2.82. The maximum absolute atomic E-state index is 11.3. The van der Waals surface area contributed by atoms with Gasteiger partial charge in [0.25, 0.3) is 0 Å². The molecular weight excluding hydrogens is 270 g/mol. The van der Waals surface area contributed by atoms with Crippen LogP contribution in [-0.4, -0.2) is 23.9 Å². The van der Waals surface area contributed by atoms with Gasteiger partial charge in [-0.05, 0) is 36.8 Å². The molecule has 0 atom stereocenters. The number of hydrogen-bond acceptors (Lipinski definition) is 4. The van der Waals surface area contributed by atoms with E-state index < -0.39 is 5.97 Å². The second kappa shape index (κ2) is 6.56. The topological polar surface area (TPSA) is 68.1 Å². The van der Waals surface area contributed by atoms with Crippen LogP contribution in [0.1, 0.15) is 11.1 Å². The summed E-state index contributed by atoms with van der Waals surface area (Å²) >= 11 is 0. The number of para-hydroxylation sites is 1. The third kappa shape index (κ3) is 3.60. The maximum Gasteiger partial charge on any atom is 0.358 e. The van der Waals surface area contributed by atoms with Gasteiger partial charge in [0.05, 0.1) is 5.56 Å². The van der Waals surface area contributed by atoms with Gasteiger partial charge in [-0.25, -0.2) is 4.79 Å². The van der Waals surface area contributed by atoms with Crippen molar-refractivity contribution in [1.82, 2.24) is 0 Å². The van der Waals surface area contributed by atoms with Crippen molar-refractivity contribution in [2.24, 2.45) is 5.16 Å². The summed E-state index contributed by atoms with van der Waals surface area (Å²) in [7, 11) is 1.30. The molecule has 0 fully saturated rings. The highest BCUT2D eigenvalue weighted by molar-refractivity contribution is 6.43. The van der Waals surface area contributed by atoms with Gasteiger partial charge in [-0.2, -0.15) is 0 Å². The molecule has 0 radical (unpaired) electrons. The summed E-state index contributed by atoms with van der Waals surface area (Å²) in [4.78, 5) is 15.9. The molecule has 0 saturated carbocycles. The van der Waals surface area contributed by atoms with Crippen LogP contribution in [0.3, 0.4) is 0 Å². The van der Waals surface area contributed by atoms with Crippen molar-refractivity contribution in [2.75, 3.05) is 7.11 Å². The molecule has 0 spiro atoms. The first-order chi connectivity index (χ1) is 10.1. The number of carboxylic acid groups (broad SMARTS) is 1. The second-order valence-electron chi connectivity index (χ2n) is 4.34. The molecule has 2 rings (SSSR count). The highest BCUT2D eigenvalue weighted by atomic mass is 16.6. The van der Waals surface area contributed by atoms with E-state index in [2.05, 4.69) is 9.99 Å². The van der Waals surface area contributed by atoms with Gasteiger partial charge in [-0.1, -0.05) is 29.4 Å². The first-order valence-corrected chi connectivity index (χ1v) is 6.30. The number of carbonyl (C=O) groups is 1. The van der Waals surface area contributed by atoms with Gasteiger partial charge >= 0.3 is 5.97 Å². The SMILES string of the molecule is CON=C(C(=O)O)c1ccccc1Oc1cccc(C)c1. The molecule has 0 amide bonds. The van der Waals surface area contributed by atoms with Crippen LogP contribution < -0.4 is 4.74 Å². The molecule has 0 aliphatic rings. The Labute approximate surface area is 122 Å². The van der Waals surface area contributed by atoms with Crippen molar-refractivity contribution in [3.8, 4) is 11.5 Å². The summed E-state index contributed by atoms with van der Waals surface area (Å²) in [6.45, 7) is 1.95. The molecule has 0 aliphatic heterocycles. The number of nitrogens with zero attached hydrogens (tertiary/aromatic N) is 1. The van der Waals surface area contributed by atoms with E-state index in [0.29, 0.717) is 17.1 Å². The fourth-order valence-corrected chi connectivity index (χ4v) is 1.85. The van der Waals surface area contributed by atoms with Crippen molar-refractivity contribution in [1.29, 1.82) is 0 Å². The van der Waals surface area contributed by atoms with Crippen molar-refractivity contribution < 1.29 is 19.5 Å². The number of ether oxygens (including phenoxy) is 1. The van der Waals surface area contributed by atoms with Crippen molar-refractivity contribution in [3.63, 3.8) is 0 Å². The van der Waals surface area contributed by atoms with Gasteiger partial charge in [0.15, 0.2) is 5.71 Å². The average Bonchev–Trinajstić information content (AvgIpc) is 2.45. The zero-order valence-corrected chi connectivity index (χ0v) is 11.7. The summed E-state index contributed by atoms with van der Waals surface area (Å²) in [5.41, 5.74) is 1.20. The Kier molecular flexibility index (Phi) is 4.56. The first kappa shape index (κ1) is 14.6. The summed E-state index contributed by atoms with van der Waals surface area (Å²) in [5.74, 6) is -0.150. The number of benzene rings is 2. The average molecular weight is 285 g/mol. The lowest BCUT2D eigenvalue weighted by Crippen LogP contribution is -2.15. The van der Waals surface area contributed by atoms with Gasteiger partial charge in [0.2, 0.25) is 0 Å². The van der Waals surface area contributed by atoms with Gasteiger partial charge in [0, 0.05) is 0 Å². The quantitative estimate of drug-likeness (QED) is 0.676. The van der Waals surface area contributed by atoms with Crippen molar-refractivity contribution >= 4 is 11.7 Å². The van der Waals surface area contributed by atoms with Crippen LogP contribution in [0.5, 0.6) is 11.5 Å². The Bertz CT molecular complexity index is 679. The van der Waals surface area contributed by atoms with E-state index in [0.717, 1.165) is 5.56 Å². The van der Waals surface area contributed by atoms with Crippen LogP contribution in [0.15, 0.2) is 53.7 Å². The highest BCUT2D eigenvalue weighted by Gasteiger charge is 2.18. The third-order valence-electron chi connectivity index (χ3n) is 2.74. The molecule has 0 unspecified atom stereocenters. The summed E-state index contributed by atoms with van der Waals surface area (Å²) in [5, 5.41) is 12.8. The van der Waals surface area contributed by atoms with Crippen LogP contribution in [0, 0.1) is 6.92 Å². The van der Waals surface area contributed by atoms with E-state index in [1.165, 1.54) is 7.11 Å². The van der Waals surface area contributed by atoms with Crippen LogP contribution in [0.25, 0.3) is 0 Å². The molecule has 21 heavy (non-hydrogen) atoms. The Balaban J connectivity index is 2.41. The van der Waals surface area contributed by atoms with E-state index >= 15 is 0 Å². The number of aliphatic carboxylic acids is 1. The molecule has 1 N–H and O–H groups in total. The van der Waals surface area contributed by atoms with E-state index in [9.17, 15) is 9.90 Å². The second-order valence-corrected chi connectivity index (χ2v) is 4.34. The fourth-order valence-electron chi connectivity index (χ4n) is 1.85. The molecule has 5 heteroatoms. The zero-order chi connectivity index (χ0) is 15.2. The normalized spacial score (nSPS) is 11.0. The lowest BCUT2D eigenvalue weighted by molar-refractivity contribution is -0.129. The molecule has 2 aromatic rings. The molecular formula is C16H15NO4. The van der Waals surface area contributed by atoms with E-state index in [1.54, 1.807) is 30.3 Å². The van der Waals surface area contributed by atoms with E-state index in [-0.39, 0.29) is 5.71 Å². The van der Waals surface area contributed by atoms with Crippen molar-refractivity contribution in [3.05, 3.63) is 59.7 Å². The van der Waals surface area contributed by atoms with Crippen LogP contribution in [-0.2, 0) is 9.63 Å². The minimum absolute atomic E-state index is 0.208. The molecule has 0 saturated heterocycles. The minimum Gasteiger partial charge on any atom is -0.476 e. The van der Waals surface area contributed by atoms with E-state index in [4.69, 9.17) is 4.74 Å². The molecule has 0 aromatic heterocycles. The predicted molar refractivity (Wildman–Crippen MR) is 78.9 cm³/mol. The van der Waals surface area contributed by atoms with Gasteiger partial charge in [0.1, 0.15) is 18.6 Å². The summed E-state index contributed by atoms with van der Waals surface area (Å²) in [6.07, 6.45) is 0. The standard InChI is InChI=1S/C16H15NO4/c1-11-6-5-7-12(10-11)21-14-9-4-3-8-13(14)15(16(18)19)17-20-2/h3-10H,1-2H3,(H,18,19). The third-order valence-corrected chi connectivity index (χ3v) is 2.74. The van der Waals surface area contributed by atoms with Crippen molar-refractivity contribution in [2.45, 2.75) is 6.92 Å². The molecule has 0 aliphatic carbocycles. The molecule has 2 aromatic carbocycles. The lowest BCUT2D eigenvalue weighted by atomic mass is 10.1. The fraction of sp³-hybridized carbons (Fsp3) is 0.125. The van der Waals surface area contributed by atoms with Gasteiger partial charge in [-0.3, -0.25) is 0 Å². The van der Waals surface area contributed by atoms with Crippen LogP contribution in [0.2, 0.25) is 0 Å². The minimum atomic E-state index is -1.18. The molecule has 5 nitrogen and oxygen atoms in total. The number of aryl methyl sites for hydroxylation is 1. The molecule has 0 bridgehead atoms. The number of hydrogen-bond donors (Lipinski definition) is 1.